The molecule has 84 valence electrons. The highest BCUT2D eigenvalue weighted by Gasteiger charge is 2.32. The number of halogens is 2. The van der Waals surface area contributed by atoms with E-state index in [1.165, 1.54) is 20.3 Å². The summed E-state index contributed by atoms with van der Waals surface area (Å²) in [4.78, 5) is 0. The molecule has 0 heterocycles. The van der Waals surface area contributed by atoms with Crippen molar-refractivity contribution in [2.75, 3.05) is 20.8 Å². The highest BCUT2D eigenvalue weighted by molar-refractivity contribution is 5.22. The van der Waals surface area contributed by atoms with Crippen molar-refractivity contribution >= 4 is 0 Å². The summed E-state index contributed by atoms with van der Waals surface area (Å²) in [6.45, 7) is -0.495. The van der Waals surface area contributed by atoms with E-state index >= 15 is 0 Å². The lowest BCUT2D eigenvalue weighted by Crippen LogP contribution is -2.35. The maximum Gasteiger partial charge on any atom is 0.218 e. The predicted molar refractivity (Wildman–Crippen MR) is 49.1 cm³/mol. The van der Waals surface area contributed by atoms with Gasteiger partial charge in [0.05, 0.1) is 0 Å². The van der Waals surface area contributed by atoms with Gasteiger partial charge in [0.2, 0.25) is 5.79 Å². The molecule has 1 rings (SSSR count). The third-order valence-electron chi connectivity index (χ3n) is 2.23. The van der Waals surface area contributed by atoms with E-state index in [4.69, 9.17) is 14.6 Å². The molecular formula is C10H12F2O3. The summed E-state index contributed by atoms with van der Waals surface area (Å²) >= 11 is 0. The molecule has 3 nitrogen and oxygen atoms in total. The minimum absolute atomic E-state index is 0.217. The molecule has 1 N–H and O–H groups in total. The lowest BCUT2D eigenvalue weighted by atomic mass is 10.1. The molecule has 0 fully saturated rings. The third-order valence-corrected chi connectivity index (χ3v) is 2.23. The van der Waals surface area contributed by atoms with Gasteiger partial charge in [-0.05, 0) is 12.1 Å². The van der Waals surface area contributed by atoms with Gasteiger partial charge in [0.15, 0.2) is 11.6 Å². The molecule has 0 saturated heterocycles. The molecule has 1 aromatic rings. The molecule has 0 aliphatic heterocycles. The maximum atomic E-state index is 13.0. The lowest BCUT2D eigenvalue weighted by Gasteiger charge is -2.29. The van der Waals surface area contributed by atoms with Gasteiger partial charge in [0.1, 0.15) is 6.61 Å². The Kier molecular flexibility index (Phi) is 3.73. The minimum Gasteiger partial charge on any atom is -0.390 e. The van der Waals surface area contributed by atoms with E-state index in [1.807, 2.05) is 0 Å². The molecule has 5 heteroatoms. The van der Waals surface area contributed by atoms with Crippen LogP contribution in [0.4, 0.5) is 8.78 Å². The molecule has 0 saturated carbocycles. The number of benzene rings is 1. The highest BCUT2D eigenvalue weighted by Crippen LogP contribution is 2.26. The van der Waals surface area contributed by atoms with Crippen LogP contribution in [0.5, 0.6) is 0 Å². The Balaban J connectivity index is 3.17. The van der Waals surface area contributed by atoms with Gasteiger partial charge in [0.25, 0.3) is 0 Å². The van der Waals surface area contributed by atoms with E-state index in [-0.39, 0.29) is 5.56 Å². The average Bonchev–Trinajstić information content (AvgIpc) is 2.26. The summed E-state index contributed by atoms with van der Waals surface area (Å²) in [7, 11) is 2.61. The lowest BCUT2D eigenvalue weighted by molar-refractivity contribution is -0.236. The van der Waals surface area contributed by atoms with Crippen LogP contribution in [0.25, 0.3) is 0 Å². The van der Waals surface area contributed by atoms with E-state index < -0.39 is 24.0 Å². The number of hydrogen-bond acceptors (Lipinski definition) is 3. The number of rotatable bonds is 4. The Labute approximate surface area is 86.2 Å². The Bertz CT molecular complexity index is 329. The largest absolute Gasteiger partial charge is 0.390 e. The Morgan fingerprint density at radius 3 is 2.20 bits per heavy atom. The van der Waals surface area contributed by atoms with E-state index in [0.717, 1.165) is 12.1 Å². The second kappa shape index (κ2) is 4.65. The van der Waals surface area contributed by atoms with Gasteiger partial charge in [-0.1, -0.05) is 6.07 Å². The molecule has 0 aliphatic carbocycles. The zero-order chi connectivity index (χ0) is 11.5. The monoisotopic (exact) mass is 218 g/mol. The molecular weight excluding hydrogens is 206 g/mol. The molecule has 0 atom stereocenters. The van der Waals surface area contributed by atoms with Gasteiger partial charge in [-0.2, -0.15) is 0 Å². The first kappa shape index (κ1) is 12.0. The van der Waals surface area contributed by atoms with E-state index in [0.29, 0.717) is 0 Å². The fourth-order valence-corrected chi connectivity index (χ4v) is 1.27. The third kappa shape index (κ3) is 2.14. The molecule has 0 aromatic heterocycles. The van der Waals surface area contributed by atoms with Crippen LogP contribution in [0.3, 0.4) is 0 Å². The Morgan fingerprint density at radius 1 is 1.20 bits per heavy atom. The normalized spacial score (nSPS) is 11.8. The number of methoxy groups -OCH3 is 2. The highest BCUT2D eigenvalue weighted by atomic mass is 19.2. The fourth-order valence-electron chi connectivity index (χ4n) is 1.27. The van der Waals surface area contributed by atoms with Crippen molar-refractivity contribution in [2.24, 2.45) is 0 Å². The molecule has 0 spiro atoms. The van der Waals surface area contributed by atoms with Crippen LogP contribution < -0.4 is 0 Å². The number of aliphatic hydroxyl groups is 1. The fraction of sp³-hybridized carbons (Fsp3) is 0.400. The standard InChI is InChI=1S/C10H12F2O3/c1-14-10(6-13,15-2)7-3-4-8(11)9(12)5-7/h3-5,13H,6H2,1-2H3. The van der Waals surface area contributed by atoms with Gasteiger partial charge in [-0.3, -0.25) is 0 Å². The quantitative estimate of drug-likeness (QED) is 0.776. The van der Waals surface area contributed by atoms with E-state index in [9.17, 15) is 8.78 Å². The predicted octanol–water partition coefficient (Wildman–Crippen LogP) is 1.40. The van der Waals surface area contributed by atoms with E-state index in [2.05, 4.69) is 0 Å². The van der Waals surface area contributed by atoms with Crippen molar-refractivity contribution in [2.45, 2.75) is 5.79 Å². The van der Waals surface area contributed by atoms with Crippen molar-refractivity contribution < 1.29 is 23.4 Å². The molecule has 1 aromatic carbocycles. The number of hydrogen-bond donors (Lipinski definition) is 1. The SMILES string of the molecule is COC(CO)(OC)c1ccc(F)c(F)c1. The van der Waals surface area contributed by atoms with E-state index in [1.54, 1.807) is 0 Å². The molecule has 0 radical (unpaired) electrons. The average molecular weight is 218 g/mol. The van der Waals surface area contributed by atoms with Crippen molar-refractivity contribution in [3.63, 3.8) is 0 Å². The van der Waals surface area contributed by atoms with Crippen molar-refractivity contribution in [3.05, 3.63) is 35.4 Å². The first-order valence-electron chi connectivity index (χ1n) is 4.26. The second-order valence-corrected chi connectivity index (χ2v) is 2.95. The first-order chi connectivity index (χ1) is 7.09. The minimum atomic E-state index is -1.45. The van der Waals surface area contributed by atoms with Gasteiger partial charge < -0.3 is 14.6 Å². The smallest absolute Gasteiger partial charge is 0.218 e. The van der Waals surface area contributed by atoms with Gasteiger partial charge in [-0.25, -0.2) is 8.78 Å². The van der Waals surface area contributed by atoms with Crippen molar-refractivity contribution in [3.8, 4) is 0 Å². The summed E-state index contributed by atoms with van der Waals surface area (Å²) in [5.41, 5.74) is 0.217. The van der Waals surface area contributed by atoms with Crippen LogP contribution in [-0.2, 0) is 15.3 Å². The topological polar surface area (TPSA) is 38.7 Å². The summed E-state index contributed by atoms with van der Waals surface area (Å²) < 4.78 is 35.5. The summed E-state index contributed by atoms with van der Waals surface area (Å²) in [5, 5.41) is 9.12. The van der Waals surface area contributed by atoms with Crippen molar-refractivity contribution in [1.29, 1.82) is 0 Å². The second-order valence-electron chi connectivity index (χ2n) is 2.95. The molecule has 15 heavy (non-hydrogen) atoms. The van der Waals surface area contributed by atoms with Gasteiger partial charge in [-0.15, -0.1) is 0 Å². The van der Waals surface area contributed by atoms with Crippen LogP contribution in [0.1, 0.15) is 5.56 Å². The van der Waals surface area contributed by atoms with Crippen LogP contribution in [0.15, 0.2) is 18.2 Å². The number of aliphatic hydroxyl groups excluding tert-OH is 1. The van der Waals surface area contributed by atoms with Crippen LogP contribution >= 0.6 is 0 Å². The summed E-state index contributed by atoms with van der Waals surface area (Å²) in [5.74, 6) is -3.42. The van der Waals surface area contributed by atoms with Gasteiger partial charge >= 0.3 is 0 Å². The number of ether oxygens (including phenoxy) is 2. The zero-order valence-electron chi connectivity index (χ0n) is 8.46. The summed E-state index contributed by atoms with van der Waals surface area (Å²) in [6.07, 6.45) is 0. The van der Waals surface area contributed by atoms with Crippen LogP contribution in [0.2, 0.25) is 0 Å². The molecule has 0 amide bonds. The Morgan fingerprint density at radius 2 is 1.80 bits per heavy atom. The Hall–Kier alpha value is -1.04. The van der Waals surface area contributed by atoms with Crippen LogP contribution in [0, 0.1) is 11.6 Å². The molecule has 0 bridgehead atoms. The zero-order valence-corrected chi connectivity index (χ0v) is 8.46. The summed E-state index contributed by atoms with van der Waals surface area (Å²) in [6, 6.07) is 3.17. The van der Waals surface area contributed by atoms with Gasteiger partial charge in [0, 0.05) is 19.8 Å². The first-order valence-corrected chi connectivity index (χ1v) is 4.26. The maximum absolute atomic E-state index is 13.0. The molecule has 0 aliphatic rings. The van der Waals surface area contributed by atoms with Crippen molar-refractivity contribution in [1.82, 2.24) is 0 Å². The van der Waals surface area contributed by atoms with Crippen LogP contribution in [-0.4, -0.2) is 25.9 Å². The molecule has 0 unspecified atom stereocenters.